The number of benzene rings is 1. The molecule has 1 aromatic carbocycles. The maximum Gasteiger partial charge on any atom is 0.245 e. The van der Waals surface area contributed by atoms with E-state index in [1.165, 1.54) is 0 Å². The summed E-state index contributed by atoms with van der Waals surface area (Å²) in [4.78, 5) is 25.7. The van der Waals surface area contributed by atoms with Crippen molar-refractivity contribution >= 4 is 17.4 Å². The van der Waals surface area contributed by atoms with Crippen molar-refractivity contribution in [2.24, 2.45) is 5.73 Å². The third kappa shape index (κ3) is 1.59. The molecule has 0 unspecified atom stereocenters. The van der Waals surface area contributed by atoms with E-state index in [0.717, 1.165) is 5.56 Å². The molecule has 0 bridgehead atoms. The van der Waals surface area contributed by atoms with Crippen molar-refractivity contribution < 1.29 is 14.3 Å². The molecule has 3 aliphatic rings. The van der Waals surface area contributed by atoms with E-state index in [1.807, 2.05) is 25.1 Å². The van der Waals surface area contributed by atoms with Crippen molar-refractivity contribution in [3.8, 4) is 6.07 Å². The molecule has 0 saturated carbocycles. The Morgan fingerprint density at radius 1 is 1.33 bits per heavy atom. The fourth-order valence-corrected chi connectivity index (χ4v) is 3.88. The number of carbonyl (C=O) groups is 2. The molecule has 120 valence electrons. The number of hydrogen-bond donors (Lipinski definition) is 2. The Balaban J connectivity index is 2.13. The number of ketones is 1. The van der Waals surface area contributed by atoms with E-state index in [1.54, 1.807) is 6.07 Å². The van der Waals surface area contributed by atoms with Crippen LogP contribution in [0.5, 0.6) is 0 Å². The summed E-state index contributed by atoms with van der Waals surface area (Å²) in [6.07, 6.45) is 1.50. The summed E-state index contributed by atoms with van der Waals surface area (Å²) in [6, 6.07) is 7.50. The number of rotatable bonds is 0. The van der Waals surface area contributed by atoms with Crippen LogP contribution in [0, 0.1) is 18.3 Å². The van der Waals surface area contributed by atoms with Gasteiger partial charge >= 0.3 is 0 Å². The Kier molecular flexibility index (Phi) is 2.85. The normalized spacial score (nSPS) is 25.2. The standard InChI is InChI=1S/C18H15N3O3/c1-9-5-6-12-10(7-9)18(17(23)21-12)11(8-19)16(20)24-14-4-2-3-13(22)15(14)18/h5-7H,2-4,20H2,1H3,(H,21,23)/t18-/m1/s1. The number of nitriles is 1. The molecule has 0 aromatic heterocycles. The molecule has 1 spiro atoms. The van der Waals surface area contributed by atoms with Gasteiger partial charge in [-0.15, -0.1) is 0 Å². The molecule has 2 aliphatic heterocycles. The van der Waals surface area contributed by atoms with Crippen molar-refractivity contribution in [3.63, 3.8) is 0 Å². The maximum atomic E-state index is 13.0. The van der Waals surface area contributed by atoms with Crippen molar-refractivity contribution in [1.82, 2.24) is 0 Å². The van der Waals surface area contributed by atoms with Gasteiger partial charge in [-0.05, 0) is 19.4 Å². The number of nitrogens with one attached hydrogen (secondary N) is 1. The van der Waals surface area contributed by atoms with Gasteiger partial charge in [-0.1, -0.05) is 17.7 Å². The highest BCUT2D eigenvalue weighted by Gasteiger charge is 2.59. The molecule has 0 saturated heterocycles. The molecule has 2 heterocycles. The Morgan fingerprint density at radius 2 is 2.12 bits per heavy atom. The lowest BCUT2D eigenvalue weighted by molar-refractivity contribution is -0.123. The SMILES string of the molecule is Cc1ccc2c(c1)[C@@]1(C(=O)N2)C(C#N)=C(N)OC2=C1C(=O)CCC2. The zero-order chi connectivity index (χ0) is 17.1. The number of aryl methyl sites for hydroxylation is 1. The minimum Gasteiger partial charge on any atom is -0.444 e. The van der Waals surface area contributed by atoms with Gasteiger partial charge in [0.15, 0.2) is 5.78 Å². The maximum absolute atomic E-state index is 13.0. The summed E-state index contributed by atoms with van der Waals surface area (Å²) < 4.78 is 5.56. The predicted molar refractivity (Wildman–Crippen MR) is 85.3 cm³/mol. The van der Waals surface area contributed by atoms with Crippen LogP contribution in [0.1, 0.15) is 30.4 Å². The second-order valence-electron chi connectivity index (χ2n) is 6.28. The van der Waals surface area contributed by atoms with Gasteiger partial charge in [-0.2, -0.15) is 5.26 Å². The molecular weight excluding hydrogens is 306 g/mol. The molecule has 0 radical (unpaired) electrons. The molecular formula is C18H15N3O3. The first-order valence-electron chi connectivity index (χ1n) is 7.77. The fourth-order valence-electron chi connectivity index (χ4n) is 3.88. The van der Waals surface area contributed by atoms with Crippen LogP contribution in [0.4, 0.5) is 5.69 Å². The second kappa shape index (κ2) is 4.71. The quantitative estimate of drug-likeness (QED) is 0.759. The molecule has 4 rings (SSSR count). The smallest absolute Gasteiger partial charge is 0.245 e. The number of ether oxygens (including phenoxy) is 1. The molecule has 6 nitrogen and oxygen atoms in total. The highest BCUT2D eigenvalue weighted by atomic mass is 16.5. The molecule has 1 aliphatic carbocycles. The van der Waals surface area contributed by atoms with E-state index < -0.39 is 11.3 Å². The van der Waals surface area contributed by atoms with Crippen molar-refractivity contribution in [2.75, 3.05) is 5.32 Å². The van der Waals surface area contributed by atoms with Gasteiger partial charge in [0.25, 0.3) is 0 Å². The van der Waals surface area contributed by atoms with Gasteiger partial charge in [0.2, 0.25) is 11.8 Å². The largest absolute Gasteiger partial charge is 0.444 e. The monoisotopic (exact) mass is 321 g/mol. The highest BCUT2D eigenvalue weighted by molar-refractivity contribution is 6.19. The molecule has 1 amide bonds. The zero-order valence-corrected chi connectivity index (χ0v) is 13.1. The molecule has 24 heavy (non-hydrogen) atoms. The van der Waals surface area contributed by atoms with Gasteiger partial charge in [0.05, 0.1) is 5.57 Å². The number of nitrogens with two attached hydrogens (primary N) is 1. The van der Waals surface area contributed by atoms with E-state index in [0.29, 0.717) is 36.3 Å². The van der Waals surface area contributed by atoms with Gasteiger partial charge in [0, 0.05) is 24.1 Å². The highest BCUT2D eigenvalue weighted by Crippen LogP contribution is 2.53. The average Bonchev–Trinajstić information content (AvgIpc) is 2.81. The number of nitrogens with zero attached hydrogens (tertiary/aromatic N) is 1. The van der Waals surface area contributed by atoms with E-state index in [4.69, 9.17) is 10.5 Å². The Hall–Kier alpha value is -3.07. The predicted octanol–water partition coefficient (Wildman–Crippen LogP) is 1.92. The summed E-state index contributed by atoms with van der Waals surface area (Å²) in [5.74, 6) is -0.280. The molecule has 1 atom stereocenters. The van der Waals surface area contributed by atoms with Crippen LogP contribution in [0.3, 0.4) is 0 Å². The number of anilines is 1. The summed E-state index contributed by atoms with van der Waals surface area (Å²) >= 11 is 0. The van der Waals surface area contributed by atoms with Crippen molar-refractivity contribution in [2.45, 2.75) is 31.6 Å². The van der Waals surface area contributed by atoms with Crippen LogP contribution < -0.4 is 11.1 Å². The first-order valence-corrected chi connectivity index (χ1v) is 7.77. The number of fused-ring (bicyclic) bond motifs is 3. The lowest BCUT2D eigenvalue weighted by Crippen LogP contribution is -2.46. The first-order chi connectivity index (χ1) is 11.5. The third-order valence-electron chi connectivity index (χ3n) is 4.87. The zero-order valence-electron chi connectivity index (χ0n) is 13.1. The number of hydrogen-bond acceptors (Lipinski definition) is 5. The average molecular weight is 321 g/mol. The van der Waals surface area contributed by atoms with Crippen LogP contribution >= 0.6 is 0 Å². The van der Waals surface area contributed by atoms with Gasteiger partial charge < -0.3 is 15.8 Å². The number of carbonyl (C=O) groups excluding carboxylic acids is 2. The third-order valence-corrected chi connectivity index (χ3v) is 4.87. The second-order valence-corrected chi connectivity index (χ2v) is 6.28. The number of amides is 1. The van der Waals surface area contributed by atoms with Crippen LogP contribution in [-0.4, -0.2) is 11.7 Å². The Labute approximate surface area is 138 Å². The number of allylic oxidation sites excluding steroid dienone is 1. The molecule has 6 heteroatoms. The number of Topliss-reactive ketones (excluding diaryl/α,β-unsaturated/α-hetero) is 1. The summed E-state index contributed by atoms with van der Waals surface area (Å²) in [7, 11) is 0. The summed E-state index contributed by atoms with van der Waals surface area (Å²) in [6.45, 7) is 1.90. The van der Waals surface area contributed by atoms with E-state index in [-0.39, 0.29) is 22.8 Å². The van der Waals surface area contributed by atoms with E-state index in [9.17, 15) is 14.9 Å². The minimum atomic E-state index is -1.49. The van der Waals surface area contributed by atoms with Crippen LogP contribution in [-0.2, 0) is 19.7 Å². The molecule has 3 N–H and O–H groups in total. The van der Waals surface area contributed by atoms with Gasteiger partial charge in [0.1, 0.15) is 22.8 Å². The summed E-state index contributed by atoms with van der Waals surface area (Å²) in [5, 5.41) is 12.5. The van der Waals surface area contributed by atoms with E-state index in [2.05, 4.69) is 5.32 Å². The van der Waals surface area contributed by atoms with Crippen LogP contribution in [0.25, 0.3) is 0 Å². The Bertz CT molecular complexity index is 920. The lowest BCUT2D eigenvalue weighted by Gasteiger charge is -2.37. The fraction of sp³-hybridized carbons (Fsp3) is 0.278. The van der Waals surface area contributed by atoms with Crippen molar-refractivity contribution in [3.05, 3.63) is 52.1 Å². The van der Waals surface area contributed by atoms with Gasteiger partial charge in [-0.25, -0.2) is 0 Å². The van der Waals surface area contributed by atoms with Gasteiger partial charge in [-0.3, -0.25) is 9.59 Å². The van der Waals surface area contributed by atoms with Crippen LogP contribution in [0.2, 0.25) is 0 Å². The first kappa shape index (κ1) is 14.5. The van der Waals surface area contributed by atoms with E-state index >= 15 is 0 Å². The minimum absolute atomic E-state index is 0.0154. The topological polar surface area (TPSA) is 105 Å². The van der Waals surface area contributed by atoms with Crippen molar-refractivity contribution in [1.29, 1.82) is 5.26 Å². The molecule has 0 fully saturated rings. The lowest BCUT2D eigenvalue weighted by atomic mass is 9.65. The molecule has 1 aromatic rings. The summed E-state index contributed by atoms with van der Waals surface area (Å²) in [5.41, 5.74) is 6.84. The Morgan fingerprint density at radius 3 is 2.88 bits per heavy atom. The van der Waals surface area contributed by atoms with Crippen LogP contribution in [0.15, 0.2) is 41.0 Å².